The Morgan fingerprint density at radius 2 is 1.83 bits per heavy atom. The highest BCUT2D eigenvalue weighted by molar-refractivity contribution is 5.85. The molecule has 0 aliphatic heterocycles. The number of aromatic hydroxyl groups is 1. The van der Waals surface area contributed by atoms with Gasteiger partial charge in [-0.2, -0.15) is 0 Å². The van der Waals surface area contributed by atoms with Crippen molar-refractivity contribution in [2.75, 3.05) is 0 Å². The number of benzene rings is 1. The van der Waals surface area contributed by atoms with Gasteiger partial charge in [0.15, 0.2) is 22.9 Å². The van der Waals surface area contributed by atoms with Gasteiger partial charge < -0.3 is 14.1 Å². The van der Waals surface area contributed by atoms with Gasteiger partial charge in [0.05, 0.1) is 17.8 Å². The van der Waals surface area contributed by atoms with Crippen LogP contribution in [0.15, 0.2) is 70.8 Å². The van der Waals surface area contributed by atoms with Crippen molar-refractivity contribution in [2.24, 2.45) is 0 Å². The first-order valence-corrected chi connectivity index (χ1v) is 8.28. The molecule has 0 saturated carbocycles. The molecule has 0 fully saturated rings. The molecular weight excluding hydrogens is 404 g/mol. The fraction of sp³-hybridized carbons (Fsp3) is 0.0500. The highest BCUT2D eigenvalue weighted by Crippen LogP contribution is 2.18. The largest absolute Gasteiger partial charge is 0.503 e. The lowest BCUT2D eigenvalue weighted by Crippen LogP contribution is -2.24. The minimum absolute atomic E-state index is 0. The molecule has 0 aliphatic rings. The van der Waals surface area contributed by atoms with E-state index in [0.29, 0.717) is 11.3 Å². The molecule has 9 heteroatoms. The fourth-order valence-electron chi connectivity index (χ4n) is 2.97. The standard InChI is InChI=1S/C20H13F2N3O3.ClH/c21-14-5-4-12(9-15(14)22)10-25-8-7-24-11-13(16-3-1-2-6-23-16)18(26)19(27)17(24)20(25)28;/h1-9,11,27H,10H2;1H. The molecule has 148 valence electrons. The van der Waals surface area contributed by atoms with Gasteiger partial charge in [0.1, 0.15) is 0 Å². The van der Waals surface area contributed by atoms with E-state index in [-0.39, 0.29) is 30.0 Å². The van der Waals surface area contributed by atoms with E-state index in [4.69, 9.17) is 0 Å². The smallest absolute Gasteiger partial charge is 0.279 e. The Morgan fingerprint density at radius 3 is 2.52 bits per heavy atom. The molecule has 0 amide bonds. The van der Waals surface area contributed by atoms with Crippen molar-refractivity contribution < 1.29 is 13.9 Å². The maximum Gasteiger partial charge on any atom is 0.279 e. The number of hydrogen-bond acceptors (Lipinski definition) is 4. The van der Waals surface area contributed by atoms with E-state index < -0.39 is 28.4 Å². The van der Waals surface area contributed by atoms with Crippen LogP contribution in [0.1, 0.15) is 5.56 Å². The van der Waals surface area contributed by atoms with Crippen LogP contribution in [0, 0.1) is 11.6 Å². The summed E-state index contributed by atoms with van der Waals surface area (Å²) in [6, 6.07) is 8.32. The van der Waals surface area contributed by atoms with Crippen LogP contribution < -0.4 is 11.0 Å². The van der Waals surface area contributed by atoms with E-state index in [2.05, 4.69) is 4.98 Å². The van der Waals surface area contributed by atoms with Gasteiger partial charge >= 0.3 is 0 Å². The maximum absolute atomic E-state index is 13.4. The van der Waals surface area contributed by atoms with Gasteiger partial charge in [-0.3, -0.25) is 14.6 Å². The Hall–Kier alpha value is -3.52. The van der Waals surface area contributed by atoms with Crippen molar-refractivity contribution in [1.82, 2.24) is 14.0 Å². The van der Waals surface area contributed by atoms with Crippen molar-refractivity contribution >= 4 is 17.9 Å². The van der Waals surface area contributed by atoms with E-state index in [1.807, 2.05) is 0 Å². The molecule has 0 unspecified atom stereocenters. The minimum Gasteiger partial charge on any atom is -0.503 e. The van der Waals surface area contributed by atoms with Crippen LogP contribution in [0.5, 0.6) is 5.75 Å². The predicted octanol–water partition coefficient (Wildman–Crippen LogP) is 2.98. The van der Waals surface area contributed by atoms with Gasteiger partial charge in [-0.05, 0) is 29.8 Å². The first-order valence-electron chi connectivity index (χ1n) is 8.28. The number of hydrogen-bond donors (Lipinski definition) is 1. The summed E-state index contributed by atoms with van der Waals surface area (Å²) in [5.41, 5.74) is -0.709. The second kappa shape index (κ2) is 7.84. The van der Waals surface area contributed by atoms with Crippen LogP contribution >= 0.6 is 12.4 Å². The third-order valence-corrected chi connectivity index (χ3v) is 4.36. The highest BCUT2D eigenvalue weighted by Gasteiger charge is 2.16. The molecule has 0 bridgehead atoms. The number of fused-ring (bicyclic) bond motifs is 1. The summed E-state index contributed by atoms with van der Waals surface area (Å²) in [5.74, 6) is -2.71. The molecule has 1 aromatic carbocycles. The highest BCUT2D eigenvalue weighted by atomic mass is 35.5. The van der Waals surface area contributed by atoms with Crippen molar-refractivity contribution in [3.05, 3.63) is 99.0 Å². The quantitative estimate of drug-likeness (QED) is 0.556. The lowest BCUT2D eigenvalue weighted by Gasteiger charge is -2.11. The number of rotatable bonds is 3. The molecule has 4 rings (SSSR count). The molecule has 3 aromatic heterocycles. The SMILES string of the molecule is Cl.O=c1c(-c2ccccn2)cn2ccn(Cc3ccc(F)c(F)c3)c(=O)c2c1O. The number of pyridine rings is 2. The van der Waals surface area contributed by atoms with Crippen LogP contribution in [-0.2, 0) is 6.54 Å². The van der Waals surface area contributed by atoms with Gasteiger partial charge in [0.25, 0.3) is 5.56 Å². The summed E-state index contributed by atoms with van der Waals surface area (Å²) in [6.07, 6.45) is 5.86. The lowest BCUT2D eigenvalue weighted by atomic mass is 10.1. The van der Waals surface area contributed by atoms with Gasteiger partial charge in [-0.15, -0.1) is 12.4 Å². The molecule has 0 radical (unpaired) electrons. The van der Waals surface area contributed by atoms with Crippen molar-refractivity contribution in [1.29, 1.82) is 0 Å². The average molecular weight is 418 g/mol. The van der Waals surface area contributed by atoms with Gasteiger partial charge in [0.2, 0.25) is 5.43 Å². The second-order valence-corrected chi connectivity index (χ2v) is 6.17. The summed E-state index contributed by atoms with van der Waals surface area (Å²) in [5, 5.41) is 10.4. The Bertz CT molecular complexity index is 1320. The topological polar surface area (TPSA) is 76.6 Å². The number of halogens is 3. The minimum atomic E-state index is -1.02. The van der Waals surface area contributed by atoms with Crippen LogP contribution in [-0.4, -0.2) is 19.1 Å². The van der Waals surface area contributed by atoms with Crippen LogP contribution in [0.3, 0.4) is 0 Å². The third-order valence-electron chi connectivity index (χ3n) is 4.36. The molecule has 6 nitrogen and oxygen atoms in total. The summed E-state index contributed by atoms with van der Waals surface area (Å²) >= 11 is 0. The zero-order valence-electron chi connectivity index (χ0n) is 14.8. The zero-order valence-corrected chi connectivity index (χ0v) is 15.6. The van der Waals surface area contributed by atoms with E-state index >= 15 is 0 Å². The van der Waals surface area contributed by atoms with Gasteiger partial charge in [0, 0.05) is 24.8 Å². The monoisotopic (exact) mass is 417 g/mol. The molecule has 3 heterocycles. The Kier molecular flexibility index (Phi) is 5.47. The van der Waals surface area contributed by atoms with Crippen LogP contribution in [0.4, 0.5) is 8.78 Å². The van der Waals surface area contributed by atoms with E-state index in [1.165, 1.54) is 39.8 Å². The van der Waals surface area contributed by atoms with Crippen molar-refractivity contribution in [3.63, 3.8) is 0 Å². The molecular formula is C20H14ClF2N3O3. The summed E-state index contributed by atoms with van der Waals surface area (Å²) in [7, 11) is 0. The Labute approximate surface area is 168 Å². The molecule has 0 spiro atoms. The third kappa shape index (κ3) is 3.62. The van der Waals surface area contributed by atoms with Crippen LogP contribution in [0.25, 0.3) is 16.8 Å². The normalized spacial score (nSPS) is 10.7. The van der Waals surface area contributed by atoms with E-state index in [9.17, 15) is 23.5 Å². The zero-order chi connectivity index (χ0) is 19.8. The number of aromatic nitrogens is 3. The molecule has 0 saturated heterocycles. The average Bonchev–Trinajstić information content (AvgIpc) is 2.70. The van der Waals surface area contributed by atoms with E-state index in [1.54, 1.807) is 18.2 Å². The fourth-order valence-corrected chi connectivity index (χ4v) is 2.97. The molecule has 0 aliphatic carbocycles. The molecule has 1 N–H and O–H groups in total. The molecule has 0 atom stereocenters. The second-order valence-electron chi connectivity index (χ2n) is 6.17. The molecule has 29 heavy (non-hydrogen) atoms. The van der Waals surface area contributed by atoms with Crippen LogP contribution in [0.2, 0.25) is 0 Å². The Balaban J connectivity index is 0.00000240. The first kappa shape index (κ1) is 20.2. The summed E-state index contributed by atoms with van der Waals surface area (Å²) in [4.78, 5) is 29.4. The van der Waals surface area contributed by atoms with Crippen molar-refractivity contribution in [2.45, 2.75) is 6.54 Å². The maximum atomic E-state index is 13.4. The lowest BCUT2D eigenvalue weighted by molar-refractivity contribution is 0.472. The molecule has 4 aromatic rings. The van der Waals surface area contributed by atoms with E-state index in [0.717, 1.165) is 12.1 Å². The predicted molar refractivity (Wildman–Crippen MR) is 106 cm³/mol. The van der Waals surface area contributed by atoms with Crippen molar-refractivity contribution in [3.8, 4) is 17.0 Å². The van der Waals surface area contributed by atoms with Gasteiger partial charge in [-0.25, -0.2) is 8.78 Å². The van der Waals surface area contributed by atoms with Gasteiger partial charge in [-0.1, -0.05) is 12.1 Å². The number of nitrogens with zero attached hydrogens (tertiary/aromatic N) is 3. The Morgan fingerprint density at radius 1 is 1.03 bits per heavy atom. The summed E-state index contributed by atoms with van der Waals surface area (Å²) < 4.78 is 29.0. The summed E-state index contributed by atoms with van der Waals surface area (Å²) in [6.45, 7) is -0.0534. The first-order chi connectivity index (χ1) is 13.5.